The van der Waals surface area contributed by atoms with Gasteiger partial charge < -0.3 is 51.1 Å². The Bertz CT molecular complexity index is 2790. The molecule has 0 unspecified atom stereocenters. The first kappa shape index (κ1) is 60.3. The van der Waals surface area contributed by atoms with Crippen LogP contribution in [0.25, 0.3) is 0 Å². The number of rotatable bonds is 24. The number of nitrogens with one attached hydrogen (secondary N) is 5. The minimum absolute atomic E-state index is 0.00754. The quantitative estimate of drug-likeness (QED) is 0.0412. The van der Waals surface area contributed by atoms with Gasteiger partial charge in [-0.25, -0.2) is 18.7 Å². The summed E-state index contributed by atoms with van der Waals surface area (Å²) < 4.78 is 37.5. The summed E-state index contributed by atoms with van der Waals surface area (Å²) in [7, 11) is 0. The Balaban J connectivity index is 0.649. The summed E-state index contributed by atoms with van der Waals surface area (Å²) in [5.41, 5.74) is 3.16. The number of carbonyl (C=O) groups is 4. The van der Waals surface area contributed by atoms with E-state index in [-0.39, 0.29) is 59.9 Å². The van der Waals surface area contributed by atoms with Gasteiger partial charge in [0.25, 0.3) is 0 Å². The van der Waals surface area contributed by atoms with Crippen LogP contribution in [-0.2, 0) is 50.0 Å². The summed E-state index contributed by atoms with van der Waals surface area (Å²) >= 11 is 0. The third kappa shape index (κ3) is 16.5. The first-order valence-electron chi connectivity index (χ1n) is 29.9. The number of nitrogens with zero attached hydrogens (tertiary/aromatic N) is 6. The Morgan fingerprint density at radius 2 is 1.51 bits per heavy atom. The van der Waals surface area contributed by atoms with Crippen LogP contribution < -0.4 is 36.4 Å². The molecule has 4 saturated heterocycles. The zero-order chi connectivity index (χ0) is 58.0. The fourth-order valence-corrected chi connectivity index (χ4v) is 12.8. The summed E-state index contributed by atoms with van der Waals surface area (Å²) in [6.07, 6.45) is 7.25. The molecule has 19 heteroatoms. The third-order valence-electron chi connectivity index (χ3n) is 17.7. The second kappa shape index (κ2) is 27.4. The van der Waals surface area contributed by atoms with E-state index in [0.717, 1.165) is 87.3 Å². The lowest BCUT2D eigenvalue weighted by atomic mass is 9.82. The van der Waals surface area contributed by atoms with E-state index in [1.165, 1.54) is 18.5 Å². The highest BCUT2D eigenvalue weighted by atomic mass is 19.1. The van der Waals surface area contributed by atoms with Crippen molar-refractivity contribution < 1.29 is 37.8 Å². The topological polar surface area (TPSA) is 197 Å². The van der Waals surface area contributed by atoms with Crippen molar-refractivity contribution in [3.8, 4) is 0 Å². The minimum atomic E-state index is -1.22. The van der Waals surface area contributed by atoms with E-state index in [0.29, 0.717) is 94.7 Å². The number of ether oxygens (including phenoxy) is 1. The van der Waals surface area contributed by atoms with Crippen molar-refractivity contribution in [3.05, 3.63) is 113 Å². The largest absolute Gasteiger partial charge is 0.383 e. The number of aliphatic hydroxyl groups is 1. The van der Waals surface area contributed by atoms with Crippen molar-refractivity contribution in [3.63, 3.8) is 0 Å². The van der Waals surface area contributed by atoms with Crippen LogP contribution in [0.3, 0.4) is 0 Å². The van der Waals surface area contributed by atoms with Crippen LogP contribution in [0.1, 0.15) is 108 Å². The number of piperazine rings is 1. The standard InChI is InChI=1S/C63H87F2N11O6/c1-42(2)25-53(71-61(81)59(79)43(3)26-44-11-7-6-8-12-44)60(80)66-19-10-20-74-35-47-28-50(29-48(47)36-74)82-39-58(78)68-34-46-14-9-13-45(27-46)33-67-55-32-56(70-41-69-55)75-23-17-63(18-24-75)40-76(38-57(77)72-63)54-31-51(64)49(30-52(54)65)37-73-21-15-62(4,5)16-22-73/h6-9,11-14,27,30-32,41-43,47-48,50,53,59,79H,10,15-26,28-29,33-40H2,1-5H3,(H,66,80)(H,68,78)(H,71,81)(H,72,77)(H,67,69,70)/t43-,47-,48+,50-,53+,59+/m1/s1. The van der Waals surface area contributed by atoms with E-state index in [2.05, 4.69) is 71.2 Å². The average molecular weight is 1130 g/mol. The van der Waals surface area contributed by atoms with Crippen LogP contribution in [0.5, 0.6) is 0 Å². The molecular formula is C63H87F2N11O6. The van der Waals surface area contributed by atoms with Gasteiger partial charge >= 0.3 is 0 Å². The van der Waals surface area contributed by atoms with Crippen LogP contribution >= 0.6 is 0 Å². The number of aromatic nitrogens is 2. The molecule has 5 aliphatic rings. The Morgan fingerprint density at radius 1 is 0.805 bits per heavy atom. The molecular weight excluding hydrogens is 1040 g/mol. The number of likely N-dealkylation sites (tertiary alicyclic amines) is 2. The van der Waals surface area contributed by atoms with Crippen molar-refractivity contribution in [2.75, 3.05) is 87.2 Å². The molecule has 4 aliphatic heterocycles. The van der Waals surface area contributed by atoms with Crippen LogP contribution in [0, 0.1) is 40.7 Å². The van der Waals surface area contributed by atoms with Gasteiger partial charge in [-0.3, -0.25) is 24.1 Å². The summed E-state index contributed by atoms with van der Waals surface area (Å²) in [5, 5.41) is 26.3. The molecule has 444 valence electrons. The van der Waals surface area contributed by atoms with E-state index < -0.39 is 35.2 Å². The second-order valence-electron chi connectivity index (χ2n) is 25.3. The molecule has 3 aromatic carbocycles. The van der Waals surface area contributed by atoms with Gasteiger partial charge in [0.1, 0.15) is 48.4 Å². The number of carbonyl (C=O) groups excluding carboxylic acids is 4. The third-order valence-corrected chi connectivity index (χ3v) is 17.7. The van der Waals surface area contributed by atoms with Gasteiger partial charge in [0, 0.05) is 76.6 Å². The highest BCUT2D eigenvalue weighted by Gasteiger charge is 2.43. The fourth-order valence-electron chi connectivity index (χ4n) is 12.8. The van der Waals surface area contributed by atoms with Gasteiger partial charge in [0.15, 0.2) is 0 Å². The molecule has 1 saturated carbocycles. The van der Waals surface area contributed by atoms with Crippen LogP contribution in [-0.4, -0.2) is 144 Å². The van der Waals surface area contributed by atoms with Crippen LogP contribution in [0.15, 0.2) is 79.1 Å². The van der Waals surface area contributed by atoms with Crippen molar-refractivity contribution in [2.24, 2.45) is 29.1 Å². The first-order valence-corrected chi connectivity index (χ1v) is 29.9. The summed E-state index contributed by atoms with van der Waals surface area (Å²) in [4.78, 5) is 70.0. The zero-order valence-electron chi connectivity index (χ0n) is 48.7. The molecule has 1 aliphatic carbocycles. The number of fused-ring (bicyclic) bond motifs is 1. The highest BCUT2D eigenvalue weighted by Crippen LogP contribution is 2.40. The molecule has 9 rings (SSSR count). The smallest absolute Gasteiger partial charge is 0.249 e. The van der Waals surface area contributed by atoms with Crippen molar-refractivity contribution in [1.29, 1.82) is 0 Å². The first-order chi connectivity index (χ1) is 39.3. The van der Waals surface area contributed by atoms with Crippen molar-refractivity contribution in [2.45, 2.75) is 136 Å². The van der Waals surface area contributed by atoms with Crippen LogP contribution in [0.2, 0.25) is 0 Å². The summed E-state index contributed by atoms with van der Waals surface area (Å²) in [6, 6.07) is 21.5. The average Bonchev–Trinajstić information content (AvgIpc) is 4.17. The monoisotopic (exact) mass is 1130 g/mol. The second-order valence-corrected chi connectivity index (χ2v) is 25.3. The van der Waals surface area contributed by atoms with Crippen molar-refractivity contribution >= 4 is 41.0 Å². The number of hydrogen-bond acceptors (Lipinski definition) is 13. The van der Waals surface area contributed by atoms with E-state index in [4.69, 9.17) is 4.74 Å². The lowest BCUT2D eigenvalue weighted by molar-refractivity contribution is -0.136. The summed E-state index contributed by atoms with van der Waals surface area (Å²) in [6.45, 7) is 18.1. The molecule has 6 atom stereocenters. The van der Waals surface area contributed by atoms with E-state index >= 15 is 8.78 Å². The maximum absolute atomic E-state index is 15.8. The zero-order valence-corrected chi connectivity index (χ0v) is 48.7. The molecule has 5 fully saturated rings. The van der Waals surface area contributed by atoms with Crippen LogP contribution in [0.4, 0.5) is 26.1 Å². The number of anilines is 3. The lowest BCUT2D eigenvalue weighted by Crippen LogP contribution is -2.66. The maximum atomic E-state index is 15.8. The van der Waals surface area contributed by atoms with E-state index in [9.17, 15) is 24.3 Å². The molecule has 0 bridgehead atoms. The molecule has 17 nitrogen and oxygen atoms in total. The number of aliphatic hydroxyl groups excluding tert-OH is 1. The minimum Gasteiger partial charge on any atom is -0.383 e. The highest BCUT2D eigenvalue weighted by molar-refractivity contribution is 5.89. The van der Waals surface area contributed by atoms with E-state index in [1.54, 1.807) is 4.90 Å². The van der Waals surface area contributed by atoms with Crippen molar-refractivity contribution in [1.82, 2.24) is 41.0 Å². The lowest BCUT2D eigenvalue weighted by Gasteiger charge is -2.48. The SMILES string of the molecule is CC(C)C[C@H](NC(=O)[C@@H](O)[C@H](C)Cc1ccccc1)C(=O)NCCCN1C[C@H]2C[C@@H](OCC(=O)NCc3cccc(CNc4cc(N5CCC6(CC5)CN(c5cc(F)c(CN7CCC(C)(C)CC7)cc5F)CC(=O)N6)ncn4)c3)C[C@H]2C1. The fraction of sp³-hybridized carbons (Fsp3) is 0.587. The van der Waals surface area contributed by atoms with Gasteiger partial charge in [-0.1, -0.05) is 89.2 Å². The van der Waals surface area contributed by atoms with Gasteiger partial charge in [0.05, 0.1) is 23.9 Å². The Labute approximate surface area is 483 Å². The molecule has 4 amide bonds. The number of benzene rings is 3. The van der Waals surface area contributed by atoms with E-state index in [1.807, 2.05) is 75.4 Å². The Kier molecular flexibility index (Phi) is 20.2. The predicted molar refractivity (Wildman–Crippen MR) is 314 cm³/mol. The molecule has 4 aromatic rings. The maximum Gasteiger partial charge on any atom is 0.249 e. The van der Waals surface area contributed by atoms with Gasteiger partial charge in [-0.2, -0.15) is 0 Å². The predicted octanol–water partition coefficient (Wildman–Crippen LogP) is 6.58. The molecule has 1 aromatic heterocycles. The Hall–Kier alpha value is -6.28. The van der Waals surface area contributed by atoms with Gasteiger partial charge in [0.2, 0.25) is 23.6 Å². The van der Waals surface area contributed by atoms with Gasteiger partial charge in [-0.05, 0) is 129 Å². The Morgan fingerprint density at radius 3 is 2.23 bits per heavy atom. The summed E-state index contributed by atoms with van der Waals surface area (Å²) in [5.74, 6) is 0.223. The molecule has 0 radical (unpaired) electrons. The van der Waals surface area contributed by atoms with Gasteiger partial charge in [-0.15, -0.1) is 0 Å². The number of hydrogen-bond donors (Lipinski definition) is 6. The number of piperidine rings is 2. The number of halogens is 2. The molecule has 6 N–H and O–H groups in total. The molecule has 5 heterocycles. The molecule has 1 spiro atoms. The normalized spacial score (nSPS) is 21.9. The molecule has 82 heavy (non-hydrogen) atoms. The number of amides is 4.